The van der Waals surface area contributed by atoms with Gasteiger partial charge in [-0.1, -0.05) is 26.5 Å². The first-order valence-electron chi connectivity index (χ1n) is 6.82. The third-order valence-electron chi connectivity index (χ3n) is 3.26. The molecule has 0 saturated heterocycles. The van der Waals surface area contributed by atoms with Gasteiger partial charge in [-0.3, -0.25) is 4.79 Å². The molecule has 1 aromatic rings. The molecular weight excluding hydrogens is 269 g/mol. The van der Waals surface area contributed by atoms with E-state index in [0.717, 1.165) is 16.8 Å². The summed E-state index contributed by atoms with van der Waals surface area (Å²) in [5.41, 5.74) is 3.01. The van der Waals surface area contributed by atoms with Crippen LogP contribution in [-0.2, 0) is 4.79 Å². The summed E-state index contributed by atoms with van der Waals surface area (Å²) in [6.45, 7) is 9.63. The van der Waals surface area contributed by atoms with Crippen molar-refractivity contribution in [3.8, 4) is 0 Å². The van der Waals surface area contributed by atoms with Crippen LogP contribution in [0.15, 0.2) is 36.6 Å². The summed E-state index contributed by atoms with van der Waals surface area (Å²) in [6.07, 6.45) is 1.86. The minimum atomic E-state index is -0.882. The summed E-state index contributed by atoms with van der Waals surface area (Å²) in [6, 6.07) is 4.83. The van der Waals surface area contributed by atoms with E-state index in [2.05, 4.69) is 6.58 Å². The summed E-state index contributed by atoms with van der Waals surface area (Å²) < 4.78 is 13.3. The second kappa shape index (κ2) is 7.07. The van der Waals surface area contributed by atoms with E-state index in [0.29, 0.717) is 5.56 Å². The van der Waals surface area contributed by atoms with Crippen molar-refractivity contribution >= 4 is 11.5 Å². The SMILES string of the molecule is C=C(/C=C(/C(C)C)N(C)CC(=O)O)c1ccc(F)c(C)c1. The van der Waals surface area contributed by atoms with Crippen LogP contribution in [0.2, 0.25) is 0 Å². The number of carbonyl (C=O) groups is 1. The van der Waals surface area contributed by atoms with E-state index >= 15 is 0 Å². The Hall–Kier alpha value is -2.10. The van der Waals surface area contributed by atoms with Crippen LogP contribution in [0, 0.1) is 18.7 Å². The van der Waals surface area contributed by atoms with Gasteiger partial charge in [0.2, 0.25) is 0 Å². The van der Waals surface area contributed by atoms with Gasteiger partial charge in [-0.2, -0.15) is 0 Å². The van der Waals surface area contributed by atoms with Crippen LogP contribution in [0.1, 0.15) is 25.0 Å². The summed E-state index contributed by atoms with van der Waals surface area (Å²) in [5, 5.41) is 8.90. The van der Waals surface area contributed by atoms with Gasteiger partial charge in [0.1, 0.15) is 12.4 Å². The van der Waals surface area contributed by atoms with Gasteiger partial charge < -0.3 is 10.0 Å². The molecule has 0 radical (unpaired) electrons. The number of hydrogen-bond donors (Lipinski definition) is 1. The maximum Gasteiger partial charge on any atom is 0.323 e. The Morgan fingerprint density at radius 1 is 1.48 bits per heavy atom. The Bertz CT molecular complexity index is 576. The molecule has 1 N–H and O–H groups in total. The molecule has 0 saturated carbocycles. The Morgan fingerprint density at radius 3 is 2.57 bits per heavy atom. The third kappa shape index (κ3) is 4.74. The lowest BCUT2D eigenvalue weighted by atomic mass is 10.0. The Balaban J connectivity index is 3.06. The molecule has 0 atom stereocenters. The zero-order chi connectivity index (χ0) is 16.2. The van der Waals surface area contributed by atoms with Crippen LogP contribution in [0.4, 0.5) is 4.39 Å². The highest BCUT2D eigenvalue weighted by Crippen LogP contribution is 2.22. The standard InChI is InChI=1S/C17H22FNO2/c1-11(2)16(19(5)10-17(20)21)9-12(3)14-6-7-15(18)13(4)8-14/h6-9,11H,3,10H2,1-2,4-5H3,(H,20,21)/b16-9-. The number of nitrogens with zero attached hydrogens (tertiary/aromatic N) is 1. The van der Waals surface area contributed by atoms with Crippen molar-refractivity contribution in [2.75, 3.05) is 13.6 Å². The quantitative estimate of drug-likeness (QED) is 0.812. The highest BCUT2D eigenvalue weighted by Gasteiger charge is 2.13. The lowest BCUT2D eigenvalue weighted by Crippen LogP contribution is -2.27. The summed E-state index contributed by atoms with van der Waals surface area (Å²) in [5.74, 6) is -0.970. The second-order valence-electron chi connectivity index (χ2n) is 5.46. The first-order valence-corrected chi connectivity index (χ1v) is 6.82. The van der Waals surface area contributed by atoms with Crippen LogP contribution >= 0.6 is 0 Å². The average molecular weight is 291 g/mol. The Labute approximate surface area is 125 Å². The van der Waals surface area contributed by atoms with Crippen LogP contribution in [0.3, 0.4) is 0 Å². The van der Waals surface area contributed by atoms with Crippen molar-refractivity contribution in [1.82, 2.24) is 4.90 Å². The molecule has 3 nitrogen and oxygen atoms in total. The number of halogens is 1. The molecule has 0 aliphatic carbocycles. The topological polar surface area (TPSA) is 40.5 Å². The number of rotatable bonds is 6. The molecule has 21 heavy (non-hydrogen) atoms. The van der Waals surface area contributed by atoms with Crippen LogP contribution in [-0.4, -0.2) is 29.6 Å². The van der Waals surface area contributed by atoms with E-state index in [-0.39, 0.29) is 18.3 Å². The number of benzene rings is 1. The zero-order valence-corrected chi connectivity index (χ0v) is 13.0. The van der Waals surface area contributed by atoms with Crippen molar-refractivity contribution in [3.63, 3.8) is 0 Å². The highest BCUT2D eigenvalue weighted by atomic mass is 19.1. The zero-order valence-electron chi connectivity index (χ0n) is 13.0. The lowest BCUT2D eigenvalue weighted by Gasteiger charge is -2.24. The predicted octanol–water partition coefficient (Wildman–Crippen LogP) is 3.70. The predicted molar refractivity (Wildman–Crippen MR) is 83.4 cm³/mol. The molecule has 0 amide bonds. The molecule has 0 fully saturated rings. The molecule has 0 aliphatic heterocycles. The number of likely N-dealkylation sites (N-methyl/N-ethyl adjacent to an activating group) is 1. The number of aliphatic carboxylic acids is 1. The van der Waals surface area contributed by atoms with Gasteiger partial charge in [0, 0.05) is 12.7 Å². The maximum atomic E-state index is 13.3. The molecule has 0 aromatic heterocycles. The number of allylic oxidation sites excluding steroid dienone is 3. The largest absolute Gasteiger partial charge is 0.480 e. The van der Waals surface area contributed by atoms with Gasteiger partial charge in [-0.15, -0.1) is 0 Å². The molecule has 0 bridgehead atoms. The van der Waals surface area contributed by atoms with E-state index in [1.807, 2.05) is 19.9 Å². The van der Waals surface area contributed by atoms with E-state index < -0.39 is 5.97 Å². The molecule has 0 unspecified atom stereocenters. The first kappa shape index (κ1) is 17.0. The normalized spacial score (nSPS) is 11.6. The van der Waals surface area contributed by atoms with E-state index in [9.17, 15) is 9.18 Å². The fourth-order valence-electron chi connectivity index (χ4n) is 2.12. The third-order valence-corrected chi connectivity index (χ3v) is 3.26. The number of carboxylic acids is 1. The van der Waals surface area contributed by atoms with Gasteiger partial charge in [-0.05, 0) is 47.8 Å². The van der Waals surface area contributed by atoms with E-state index in [4.69, 9.17) is 5.11 Å². The van der Waals surface area contributed by atoms with E-state index in [1.165, 1.54) is 6.07 Å². The smallest absolute Gasteiger partial charge is 0.323 e. The summed E-state index contributed by atoms with van der Waals surface area (Å²) in [4.78, 5) is 12.5. The van der Waals surface area contributed by atoms with Gasteiger partial charge in [0.25, 0.3) is 0 Å². The minimum Gasteiger partial charge on any atom is -0.480 e. The van der Waals surface area contributed by atoms with Crippen molar-refractivity contribution < 1.29 is 14.3 Å². The first-order chi connectivity index (χ1) is 9.72. The highest BCUT2D eigenvalue weighted by molar-refractivity contribution is 5.73. The molecule has 0 heterocycles. The summed E-state index contributed by atoms with van der Waals surface area (Å²) in [7, 11) is 1.74. The molecule has 4 heteroatoms. The van der Waals surface area contributed by atoms with Gasteiger partial charge in [0.15, 0.2) is 0 Å². The Kier molecular flexibility index (Phi) is 5.70. The lowest BCUT2D eigenvalue weighted by molar-refractivity contribution is -0.137. The molecule has 1 rings (SSSR count). The summed E-state index contributed by atoms with van der Waals surface area (Å²) >= 11 is 0. The van der Waals surface area contributed by atoms with Crippen molar-refractivity contribution in [2.45, 2.75) is 20.8 Å². The van der Waals surface area contributed by atoms with Crippen molar-refractivity contribution in [3.05, 3.63) is 53.5 Å². The molecule has 0 aliphatic rings. The Morgan fingerprint density at radius 2 is 2.10 bits per heavy atom. The second-order valence-corrected chi connectivity index (χ2v) is 5.46. The monoisotopic (exact) mass is 291 g/mol. The molecular formula is C17H22FNO2. The van der Waals surface area contributed by atoms with Gasteiger partial charge in [-0.25, -0.2) is 4.39 Å². The van der Waals surface area contributed by atoms with E-state index in [1.54, 1.807) is 31.0 Å². The fraction of sp³-hybridized carbons (Fsp3) is 0.353. The molecule has 1 aromatic carbocycles. The van der Waals surface area contributed by atoms with Gasteiger partial charge >= 0.3 is 5.97 Å². The van der Waals surface area contributed by atoms with Crippen LogP contribution < -0.4 is 0 Å². The number of hydrogen-bond acceptors (Lipinski definition) is 2. The fourth-order valence-corrected chi connectivity index (χ4v) is 2.12. The van der Waals surface area contributed by atoms with Gasteiger partial charge in [0.05, 0.1) is 0 Å². The average Bonchev–Trinajstić information content (AvgIpc) is 2.37. The van der Waals surface area contributed by atoms with Crippen LogP contribution in [0.25, 0.3) is 5.57 Å². The molecule has 0 spiro atoms. The van der Waals surface area contributed by atoms with Crippen molar-refractivity contribution in [1.29, 1.82) is 0 Å². The van der Waals surface area contributed by atoms with Crippen molar-refractivity contribution in [2.24, 2.45) is 5.92 Å². The molecule has 114 valence electrons. The number of carboxylic acid groups (broad SMARTS) is 1. The van der Waals surface area contributed by atoms with Crippen LogP contribution in [0.5, 0.6) is 0 Å². The maximum absolute atomic E-state index is 13.3. The number of aryl methyl sites for hydroxylation is 1. The minimum absolute atomic E-state index is 0.0697.